The van der Waals surface area contributed by atoms with Gasteiger partial charge in [-0.1, -0.05) is 49.5 Å². The number of hydrogen-bond donors (Lipinski definition) is 0. The summed E-state index contributed by atoms with van der Waals surface area (Å²) in [4.78, 5) is 0.775. The minimum atomic E-state index is 0.576. The molecule has 0 heterocycles. The van der Waals surface area contributed by atoms with Crippen LogP contribution in [0.2, 0.25) is 0 Å². The predicted molar refractivity (Wildman–Crippen MR) is 70.3 cm³/mol. The van der Waals surface area contributed by atoms with Gasteiger partial charge < -0.3 is 0 Å². The highest BCUT2D eigenvalue weighted by atomic mass is 79.9. The summed E-state index contributed by atoms with van der Waals surface area (Å²) in [5.41, 5.74) is 0.576. The Morgan fingerprint density at radius 2 is 1.73 bits per heavy atom. The van der Waals surface area contributed by atoms with Gasteiger partial charge in [-0.25, -0.2) is 0 Å². The van der Waals surface area contributed by atoms with Gasteiger partial charge >= 0.3 is 0 Å². The molecule has 0 aromatic heterocycles. The maximum Gasteiger partial charge on any atom is 0.0181 e. The third-order valence-corrected chi connectivity index (χ3v) is 6.16. The first-order chi connectivity index (χ1) is 7.01. The van der Waals surface area contributed by atoms with E-state index >= 15 is 0 Å². The summed E-state index contributed by atoms with van der Waals surface area (Å²) in [6, 6.07) is 0. The molecule has 15 heavy (non-hydrogen) atoms. The van der Waals surface area contributed by atoms with Gasteiger partial charge in [0.1, 0.15) is 0 Å². The van der Waals surface area contributed by atoms with Crippen LogP contribution in [0.4, 0.5) is 0 Å². The van der Waals surface area contributed by atoms with Crippen molar-refractivity contribution in [2.24, 2.45) is 23.2 Å². The molecule has 3 atom stereocenters. The zero-order valence-electron chi connectivity index (χ0n) is 10.4. The second-order valence-electron chi connectivity index (χ2n) is 6.49. The topological polar surface area (TPSA) is 0 Å². The van der Waals surface area contributed by atoms with Crippen LogP contribution in [-0.4, -0.2) is 4.83 Å². The van der Waals surface area contributed by atoms with Crippen LogP contribution in [0.25, 0.3) is 0 Å². The number of rotatable bonds is 2. The van der Waals surface area contributed by atoms with Gasteiger partial charge in [-0.05, 0) is 48.9 Å². The molecule has 0 N–H and O–H groups in total. The van der Waals surface area contributed by atoms with E-state index in [0.29, 0.717) is 5.41 Å². The molecule has 2 rings (SSSR count). The Morgan fingerprint density at radius 3 is 2.20 bits per heavy atom. The van der Waals surface area contributed by atoms with Crippen molar-refractivity contribution in [1.29, 1.82) is 0 Å². The van der Waals surface area contributed by atoms with Gasteiger partial charge in [-0.3, -0.25) is 0 Å². The zero-order chi connectivity index (χ0) is 11.1. The van der Waals surface area contributed by atoms with Gasteiger partial charge in [-0.2, -0.15) is 0 Å². The largest absolute Gasteiger partial charge is 0.0887 e. The average molecular weight is 273 g/mol. The second-order valence-corrected chi connectivity index (χ2v) is 7.67. The summed E-state index contributed by atoms with van der Waals surface area (Å²) in [5, 5.41) is 0. The molecule has 2 aliphatic carbocycles. The van der Waals surface area contributed by atoms with Crippen LogP contribution < -0.4 is 0 Å². The molecular weight excluding hydrogens is 248 g/mol. The highest BCUT2D eigenvalue weighted by molar-refractivity contribution is 9.09. The lowest BCUT2D eigenvalue weighted by molar-refractivity contribution is 0.0329. The van der Waals surface area contributed by atoms with E-state index in [2.05, 4.69) is 36.7 Å². The van der Waals surface area contributed by atoms with E-state index in [1.807, 2.05) is 0 Å². The molecule has 1 heteroatoms. The zero-order valence-corrected chi connectivity index (χ0v) is 12.0. The van der Waals surface area contributed by atoms with Crippen molar-refractivity contribution >= 4 is 15.9 Å². The van der Waals surface area contributed by atoms with Crippen LogP contribution in [0.15, 0.2) is 0 Å². The lowest BCUT2D eigenvalue weighted by Crippen LogP contribution is -2.42. The molecule has 0 spiro atoms. The van der Waals surface area contributed by atoms with E-state index in [9.17, 15) is 0 Å². The molecule has 0 nitrogen and oxygen atoms in total. The van der Waals surface area contributed by atoms with Crippen LogP contribution in [-0.2, 0) is 0 Å². The molecule has 0 bridgehead atoms. The monoisotopic (exact) mass is 272 g/mol. The molecule has 2 saturated carbocycles. The summed E-state index contributed by atoms with van der Waals surface area (Å²) < 4.78 is 0. The van der Waals surface area contributed by atoms with Gasteiger partial charge in [0.25, 0.3) is 0 Å². The molecule has 0 aromatic rings. The molecule has 0 aromatic carbocycles. The van der Waals surface area contributed by atoms with Crippen LogP contribution in [0.5, 0.6) is 0 Å². The Kier molecular flexibility index (Phi) is 3.50. The first kappa shape index (κ1) is 12.0. The van der Waals surface area contributed by atoms with Crippen LogP contribution in [0.1, 0.15) is 59.3 Å². The predicted octanol–water partition coefficient (Wildman–Crippen LogP) is 5.01. The minimum absolute atomic E-state index is 0.576. The van der Waals surface area contributed by atoms with E-state index in [-0.39, 0.29) is 0 Å². The first-order valence-corrected chi connectivity index (χ1v) is 7.57. The molecular formula is C14H25Br. The maximum absolute atomic E-state index is 3.95. The quantitative estimate of drug-likeness (QED) is 0.620. The Labute approximate surface area is 103 Å². The highest BCUT2D eigenvalue weighted by Crippen LogP contribution is 2.52. The number of hydrogen-bond acceptors (Lipinski definition) is 0. The van der Waals surface area contributed by atoms with Crippen molar-refractivity contribution in [2.45, 2.75) is 64.1 Å². The standard InChI is InChI=1S/C14H25Br/c1-10-7-8-12(13(15)9-10)14(2,3)11-5-4-6-11/h10-13H,4-9H2,1-3H3. The summed E-state index contributed by atoms with van der Waals surface area (Å²) in [5.74, 6) is 2.86. The highest BCUT2D eigenvalue weighted by Gasteiger charge is 2.44. The molecule has 0 aliphatic heterocycles. The number of alkyl halides is 1. The molecule has 2 fully saturated rings. The van der Waals surface area contributed by atoms with Gasteiger partial charge in [-0.15, -0.1) is 0 Å². The first-order valence-electron chi connectivity index (χ1n) is 6.66. The third kappa shape index (κ3) is 2.28. The molecule has 88 valence electrons. The smallest absolute Gasteiger partial charge is 0.0181 e. The van der Waals surface area contributed by atoms with Crippen molar-refractivity contribution < 1.29 is 0 Å². The lowest BCUT2D eigenvalue weighted by Gasteiger charge is -2.49. The van der Waals surface area contributed by atoms with E-state index in [0.717, 1.165) is 22.6 Å². The fraction of sp³-hybridized carbons (Fsp3) is 1.00. The molecule has 0 amide bonds. The molecule has 2 aliphatic rings. The molecule has 3 unspecified atom stereocenters. The van der Waals surface area contributed by atoms with Crippen molar-refractivity contribution in [2.75, 3.05) is 0 Å². The Balaban J connectivity index is 2.01. The average Bonchev–Trinajstić information content (AvgIpc) is 1.97. The van der Waals surface area contributed by atoms with Crippen molar-refractivity contribution in [3.8, 4) is 0 Å². The summed E-state index contributed by atoms with van der Waals surface area (Å²) in [6.07, 6.45) is 8.73. The third-order valence-electron chi connectivity index (χ3n) is 5.15. The summed E-state index contributed by atoms with van der Waals surface area (Å²) in [6.45, 7) is 7.44. The second kappa shape index (κ2) is 4.39. The fourth-order valence-electron chi connectivity index (χ4n) is 3.60. The summed E-state index contributed by atoms with van der Waals surface area (Å²) in [7, 11) is 0. The van der Waals surface area contributed by atoms with Crippen molar-refractivity contribution in [1.82, 2.24) is 0 Å². The SMILES string of the molecule is CC1CCC(C(C)(C)C2CCC2)C(Br)C1. The van der Waals surface area contributed by atoms with Gasteiger partial charge in [0, 0.05) is 4.83 Å². The van der Waals surface area contributed by atoms with E-state index in [4.69, 9.17) is 0 Å². The molecule has 0 radical (unpaired) electrons. The Bertz CT molecular complexity index is 217. The summed E-state index contributed by atoms with van der Waals surface area (Å²) >= 11 is 3.95. The van der Waals surface area contributed by atoms with Crippen molar-refractivity contribution in [3.05, 3.63) is 0 Å². The van der Waals surface area contributed by atoms with E-state index < -0.39 is 0 Å². The minimum Gasteiger partial charge on any atom is -0.0887 e. The number of halogens is 1. The maximum atomic E-state index is 3.95. The Morgan fingerprint density at radius 1 is 1.07 bits per heavy atom. The van der Waals surface area contributed by atoms with Gasteiger partial charge in [0.15, 0.2) is 0 Å². The van der Waals surface area contributed by atoms with Crippen LogP contribution in [0.3, 0.4) is 0 Å². The normalized spacial score (nSPS) is 38.8. The molecule has 0 saturated heterocycles. The Hall–Kier alpha value is 0.480. The fourth-order valence-corrected chi connectivity index (χ4v) is 5.19. The van der Waals surface area contributed by atoms with Crippen LogP contribution >= 0.6 is 15.9 Å². The van der Waals surface area contributed by atoms with E-state index in [1.165, 1.54) is 38.5 Å². The lowest BCUT2D eigenvalue weighted by atomic mass is 9.58. The van der Waals surface area contributed by atoms with Crippen LogP contribution in [0, 0.1) is 23.2 Å². The van der Waals surface area contributed by atoms with Gasteiger partial charge in [0.05, 0.1) is 0 Å². The van der Waals surface area contributed by atoms with Crippen molar-refractivity contribution in [3.63, 3.8) is 0 Å². The van der Waals surface area contributed by atoms with E-state index in [1.54, 1.807) is 0 Å². The van der Waals surface area contributed by atoms with Gasteiger partial charge in [0.2, 0.25) is 0 Å².